The molecular formula is C16H8F3N3S. The molecule has 0 amide bonds. The van der Waals surface area contributed by atoms with E-state index in [0.29, 0.717) is 10.6 Å². The fourth-order valence-electron chi connectivity index (χ4n) is 2.06. The summed E-state index contributed by atoms with van der Waals surface area (Å²) >= 11 is 1.24. The Morgan fingerprint density at radius 2 is 1.83 bits per heavy atom. The number of hydrogen-bond donors (Lipinski definition) is 0. The molecule has 0 bridgehead atoms. The van der Waals surface area contributed by atoms with Gasteiger partial charge in [0.1, 0.15) is 5.01 Å². The van der Waals surface area contributed by atoms with Crippen LogP contribution in [0, 0.1) is 11.3 Å². The normalized spacial score (nSPS) is 11.2. The number of nitrogens with zero attached hydrogens (tertiary/aromatic N) is 3. The lowest BCUT2D eigenvalue weighted by molar-refractivity contribution is -0.137. The fourth-order valence-corrected chi connectivity index (χ4v) is 2.89. The van der Waals surface area contributed by atoms with E-state index in [2.05, 4.69) is 9.97 Å². The van der Waals surface area contributed by atoms with Crippen molar-refractivity contribution in [3.05, 3.63) is 59.2 Å². The first kappa shape index (κ1) is 15.2. The molecule has 3 rings (SSSR count). The highest BCUT2D eigenvalue weighted by molar-refractivity contribution is 7.13. The summed E-state index contributed by atoms with van der Waals surface area (Å²) in [6, 6.07) is 9.67. The zero-order valence-electron chi connectivity index (χ0n) is 11.5. The standard InChI is InChI=1S/C16H8F3N3S/c17-16(18,19)13-5-6-21-8-12(13)14-9-23-15(22-14)11-3-1-10(7-20)2-4-11/h1-6,8-9H. The first-order valence-electron chi connectivity index (χ1n) is 6.46. The van der Waals surface area contributed by atoms with Crippen LogP contribution in [0.25, 0.3) is 21.8 Å². The van der Waals surface area contributed by atoms with Gasteiger partial charge in [-0.2, -0.15) is 18.4 Å². The molecule has 0 spiro atoms. The Balaban J connectivity index is 2.01. The number of hydrogen-bond acceptors (Lipinski definition) is 4. The van der Waals surface area contributed by atoms with Crippen molar-refractivity contribution in [2.24, 2.45) is 0 Å². The van der Waals surface area contributed by atoms with Crippen molar-refractivity contribution in [1.82, 2.24) is 9.97 Å². The molecule has 0 unspecified atom stereocenters. The average molecular weight is 331 g/mol. The second-order valence-corrected chi connectivity index (χ2v) is 5.50. The van der Waals surface area contributed by atoms with Crippen molar-refractivity contribution in [3.8, 4) is 27.9 Å². The number of aromatic nitrogens is 2. The highest BCUT2D eigenvalue weighted by Gasteiger charge is 2.34. The van der Waals surface area contributed by atoms with Crippen LogP contribution in [-0.4, -0.2) is 9.97 Å². The zero-order chi connectivity index (χ0) is 16.4. The smallest absolute Gasteiger partial charge is 0.264 e. The van der Waals surface area contributed by atoms with Crippen LogP contribution in [0.4, 0.5) is 13.2 Å². The van der Waals surface area contributed by atoms with E-state index >= 15 is 0 Å². The molecule has 0 aliphatic carbocycles. The van der Waals surface area contributed by atoms with Crippen molar-refractivity contribution in [2.75, 3.05) is 0 Å². The second kappa shape index (κ2) is 5.82. The second-order valence-electron chi connectivity index (χ2n) is 4.65. The van der Waals surface area contributed by atoms with Crippen molar-refractivity contribution in [3.63, 3.8) is 0 Å². The molecule has 0 radical (unpaired) electrons. The molecule has 0 N–H and O–H groups in total. The Hall–Kier alpha value is -2.72. The number of halogens is 3. The minimum absolute atomic E-state index is 0.0452. The molecule has 3 nitrogen and oxygen atoms in total. The molecule has 0 atom stereocenters. The van der Waals surface area contributed by atoms with E-state index in [1.54, 1.807) is 29.6 Å². The van der Waals surface area contributed by atoms with Gasteiger partial charge in [-0.15, -0.1) is 11.3 Å². The molecule has 2 aromatic heterocycles. The molecule has 23 heavy (non-hydrogen) atoms. The van der Waals surface area contributed by atoms with Crippen LogP contribution in [0.15, 0.2) is 48.1 Å². The molecule has 1 aromatic carbocycles. The van der Waals surface area contributed by atoms with Gasteiger partial charge in [-0.25, -0.2) is 4.98 Å². The zero-order valence-corrected chi connectivity index (χ0v) is 12.3. The first-order valence-corrected chi connectivity index (χ1v) is 7.34. The summed E-state index contributed by atoms with van der Waals surface area (Å²) in [6.07, 6.45) is -2.18. The monoisotopic (exact) mass is 331 g/mol. The predicted molar refractivity (Wildman–Crippen MR) is 80.5 cm³/mol. The van der Waals surface area contributed by atoms with Gasteiger partial charge < -0.3 is 0 Å². The van der Waals surface area contributed by atoms with Gasteiger partial charge in [0.15, 0.2) is 0 Å². The maximum absolute atomic E-state index is 13.1. The van der Waals surface area contributed by atoms with Crippen molar-refractivity contribution in [1.29, 1.82) is 5.26 Å². The number of thiazole rings is 1. The van der Waals surface area contributed by atoms with Crippen LogP contribution < -0.4 is 0 Å². The summed E-state index contributed by atoms with van der Waals surface area (Å²) in [4.78, 5) is 8.04. The van der Waals surface area contributed by atoms with Gasteiger partial charge in [0.25, 0.3) is 0 Å². The van der Waals surface area contributed by atoms with E-state index in [-0.39, 0.29) is 11.3 Å². The van der Waals surface area contributed by atoms with Gasteiger partial charge in [0.05, 0.1) is 22.9 Å². The van der Waals surface area contributed by atoms with E-state index in [1.807, 2.05) is 6.07 Å². The molecule has 2 heterocycles. The number of alkyl halides is 3. The van der Waals surface area contributed by atoms with Gasteiger partial charge in [0.2, 0.25) is 0 Å². The molecule has 7 heteroatoms. The Morgan fingerprint density at radius 3 is 2.48 bits per heavy atom. The molecule has 0 saturated carbocycles. The average Bonchev–Trinajstić information content (AvgIpc) is 3.04. The fraction of sp³-hybridized carbons (Fsp3) is 0.0625. The third-order valence-electron chi connectivity index (χ3n) is 3.17. The van der Waals surface area contributed by atoms with Gasteiger partial charge in [-0.1, -0.05) is 12.1 Å². The summed E-state index contributed by atoms with van der Waals surface area (Å²) in [5, 5.41) is 10.9. The summed E-state index contributed by atoms with van der Waals surface area (Å²) in [5.41, 5.74) is 0.685. The maximum Gasteiger partial charge on any atom is 0.417 e. The molecule has 3 aromatic rings. The topological polar surface area (TPSA) is 49.6 Å². The van der Waals surface area contributed by atoms with Gasteiger partial charge in [0, 0.05) is 28.9 Å². The first-order chi connectivity index (χ1) is 11.0. The lowest BCUT2D eigenvalue weighted by atomic mass is 10.1. The molecule has 0 aliphatic heterocycles. The SMILES string of the molecule is N#Cc1ccc(-c2nc(-c3cnccc3C(F)(F)F)cs2)cc1. The summed E-state index contributed by atoms with van der Waals surface area (Å²) in [7, 11) is 0. The maximum atomic E-state index is 13.1. The molecule has 114 valence electrons. The lowest BCUT2D eigenvalue weighted by Gasteiger charge is -2.10. The highest BCUT2D eigenvalue weighted by Crippen LogP contribution is 2.37. The minimum atomic E-state index is -4.46. The van der Waals surface area contributed by atoms with Crippen LogP contribution >= 0.6 is 11.3 Å². The largest absolute Gasteiger partial charge is 0.417 e. The van der Waals surface area contributed by atoms with E-state index in [9.17, 15) is 13.2 Å². The van der Waals surface area contributed by atoms with Gasteiger partial charge in [-0.05, 0) is 18.2 Å². The summed E-state index contributed by atoms with van der Waals surface area (Å²) in [6.45, 7) is 0. The molecule has 0 fully saturated rings. The molecule has 0 saturated heterocycles. The van der Waals surface area contributed by atoms with Crippen molar-refractivity contribution < 1.29 is 13.2 Å². The number of rotatable bonds is 2. The summed E-state index contributed by atoms with van der Waals surface area (Å²) in [5.74, 6) is 0. The van der Waals surface area contributed by atoms with Crippen LogP contribution in [0.5, 0.6) is 0 Å². The van der Waals surface area contributed by atoms with Crippen molar-refractivity contribution in [2.45, 2.75) is 6.18 Å². The Bertz CT molecular complexity index is 877. The number of benzene rings is 1. The van der Waals surface area contributed by atoms with E-state index in [1.165, 1.54) is 17.5 Å². The van der Waals surface area contributed by atoms with Crippen molar-refractivity contribution >= 4 is 11.3 Å². The van der Waals surface area contributed by atoms with Gasteiger partial charge in [-0.3, -0.25) is 4.98 Å². The van der Waals surface area contributed by atoms with E-state index < -0.39 is 11.7 Å². The quantitative estimate of drug-likeness (QED) is 0.680. The third-order valence-corrected chi connectivity index (χ3v) is 4.06. The Morgan fingerprint density at radius 1 is 1.09 bits per heavy atom. The third kappa shape index (κ3) is 3.07. The van der Waals surface area contributed by atoms with E-state index in [4.69, 9.17) is 5.26 Å². The van der Waals surface area contributed by atoms with Crippen LogP contribution in [-0.2, 0) is 6.18 Å². The summed E-state index contributed by atoms with van der Waals surface area (Å²) < 4.78 is 39.2. The Labute approximate surface area is 133 Å². The highest BCUT2D eigenvalue weighted by atomic mass is 32.1. The molecule has 0 aliphatic rings. The number of nitriles is 1. The lowest BCUT2D eigenvalue weighted by Crippen LogP contribution is -2.07. The molecular weight excluding hydrogens is 323 g/mol. The van der Waals surface area contributed by atoms with Crippen LogP contribution in [0.2, 0.25) is 0 Å². The minimum Gasteiger partial charge on any atom is -0.264 e. The number of pyridine rings is 1. The van der Waals surface area contributed by atoms with Gasteiger partial charge >= 0.3 is 6.18 Å². The predicted octanol–water partition coefficient (Wildman–Crippen LogP) is 4.76. The van der Waals surface area contributed by atoms with Crippen LogP contribution in [0.3, 0.4) is 0 Å². The Kier molecular flexibility index (Phi) is 3.84. The van der Waals surface area contributed by atoms with Crippen LogP contribution in [0.1, 0.15) is 11.1 Å². The van der Waals surface area contributed by atoms with E-state index in [0.717, 1.165) is 17.8 Å².